The van der Waals surface area contributed by atoms with Crippen molar-refractivity contribution in [1.29, 1.82) is 0 Å². The van der Waals surface area contributed by atoms with Crippen molar-refractivity contribution >= 4 is 0 Å². The second-order valence-corrected chi connectivity index (χ2v) is 5.29. The second kappa shape index (κ2) is 17.9. The zero-order valence-corrected chi connectivity index (χ0v) is 13.2. The van der Waals surface area contributed by atoms with E-state index in [0.717, 1.165) is 13.2 Å². The fraction of sp³-hybridized carbons (Fsp3) is 1.00. The number of hydroxylamine groups is 1. The van der Waals surface area contributed by atoms with Gasteiger partial charge in [-0.25, -0.2) is 5.48 Å². The first kappa shape index (κ1) is 18.9. The van der Waals surface area contributed by atoms with Crippen molar-refractivity contribution in [2.24, 2.45) is 0 Å². The summed E-state index contributed by atoms with van der Waals surface area (Å²) in [4.78, 5) is 5.08. The third kappa shape index (κ3) is 17.9. The van der Waals surface area contributed by atoms with Gasteiger partial charge in [0.1, 0.15) is 0 Å². The van der Waals surface area contributed by atoms with Crippen LogP contribution in [0.1, 0.15) is 77.0 Å². The molecule has 0 spiro atoms. The van der Waals surface area contributed by atoms with Crippen molar-refractivity contribution in [1.82, 2.24) is 5.48 Å². The normalized spacial score (nSPS) is 11.1. The molecule has 0 aliphatic rings. The van der Waals surface area contributed by atoms with Crippen molar-refractivity contribution in [2.75, 3.05) is 27.4 Å². The van der Waals surface area contributed by atoms with Crippen molar-refractivity contribution in [3.05, 3.63) is 0 Å². The summed E-state index contributed by atoms with van der Waals surface area (Å²) in [5.41, 5.74) is 2.71. The predicted molar refractivity (Wildman–Crippen MR) is 82.3 cm³/mol. The van der Waals surface area contributed by atoms with Crippen LogP contribution in [0.5, 0.6) is 0 Å². The topological polar surface area (TPSA) is 30.5 Å². The molecule has 3 nitrogen and oxygen atoms in total. The van der Waals surface area contributed by atoms with Crippen LogP contribution in [0.25, 0.3) is 0 Å². The smallest absolute Gasteiger partial charge is 0.0682 e. The highest BCUT2D eigenvalue weighted by Gasteiger charge is 1.94. The Morgan fingerprint density at radius 2 is 0.947 bits per heavy atom. The lowest BCUT2D eigenvalue weighted by Crippen LogP contribution is -2.07. The Morgan fingerprint density at radius 1 is 0.579 bits per heavy atom. The zero-order chi connectivity index (χ0) is 14.0. The Hall–Kier alpha value is -0.120. The molecule has 0 heterocycles. The van der Waals surface area contributed by atoms with Gasteiger partial charge >= 0.3 is 0 Å². The monoisotopic (exact) mass is 273 g/mol. The number of unbranched alkanes of at least 4 members (excludes halogenated alkanes) is 11. The van der Waals surface area contributed by atoms with E-state index < -0.39 is 0 Å². The highest BCUT2D eigenvalue weighted by Crippen LogP contribution is 2.11. The van der Waals surface area contributed by atoms with E-state index in [-0.39, 0.29) is 0 Å². The molecule has 0 unspecified atom stereocenters. The van der Waals surface area contributed by atoms with Crippen LogP contribution in [-0.2, 0) is 9.57 Å². The quantitative estimate of drug-likeness (QED) is 0.332. The summed E-state index contributed by atoms with van der Waals surface area (Å²) < 4.78 is 5.04. The maximum Gasteiger partial charge on any atom is 0.0682 e. The first-order valence-corrected chi connectivity index (χ1v) is 8.19. The molecule has 0 saturated carbocycles. The Bertz CT molecular complexity index is 138. The minimum Gasteiger partial charge on any atom is -0.385 e. The standard InChI is InChI=1S/C16H35NO2/c1-17-19-16-14-12-10-8-6-4-3-5-7-9-11-13-15-18-2/h17H,3-16H2,1-2H3. The van der Waals surface area contributed by atoms with Gasteiger partial charge in [0.2, 0.25) is 0 Å². The van der Waals surface area contributed by atoms with Gasteiger partial charge < -0.3 is 9.57 Å². The Balaban J connectivity index is 2.88. The van der Waals surface area contributed by atoms with Gasteiger partial charge in [0, 0.05) is 20.8 Å². The van der Waals surface area contributed by atoms with Crippen molar-refractivity contribution in [3.63, 3.8) is 0 Å². The first-order valence-electron chi connectivity index (χ1n) is 8.19. The number of ether oxygens (including phenoxy) is 1. The SMILES string of the molecule is CNOCCCCCCCCCCCCCCOC. The van der Waals surface area contributed by atoms with E-state index in [9.17, 15) is 0 Å². The second-order valence-electron chi connectivity index (χ2n) is 5.29. The molecule has 0 rings (SSSR count). The maximum atomic E-state index is 5.08. The van der Waals surface area contributed by atoms with E-state index in [4.69, 9.17) is 9.57 Å². The fourth-order valence-corrected chi connectivity index (χ4v) is 2.29. The summed E-state index contributed by atoms with van der Waals surface area (Å²) in [5.74, 6) is 0. The Labute approximate surface area is 120 Å². The average Bonchev–Trinajstić information content (AvgIpc) is 2.43. The number of hydrogen-bond acceptors (Lipinski definition) is 3. The molecule has 116 valence electrons. The van der Waals surface area contributed by atoms with Gasteiger partial charge in [0.25, 0.3) is 0 Å². The number of rotatable bonds is 16. The highest BCUT2D eigenvalue weighted by molar-refractivity contribution is 4.48. The van der Waals surface area contributed by atoms with E-state index in [2.05, 4.69) is 5.48 Å². The lowest BCUT2D eigenvalue weighted by molar-refractivity contribution is 0.0550. The molecule has 0 fully saturated rings. The Kier molecular flexibility index (Phi) is 17.8. The molecule has 0 aromatic carbocycles. The van der Waals surface area contributed by atoms with Gasteiger partial charge in [-0.1, -0.05) is 64.2 Å². The van der Waals surface area contributed by atoms with E-state index in [1.807, 2.05) is 7.05 Å². The van der Waals surface area contributed by atoms with Crippen LogP contribution in [0.15, 0.2) is 0 Å². The minimum absolute atomic E-state index is 0.847. The molecular weight excluding hydrogens is 238 g/mol. The average molecular weight is 273 g/mol. The van der Waals surface area contributed by atoms with Gasteiger partial charge in [-0.3, -0.25) is 0 Å². The van der Waals surface area contributed by atoms with Crippen LogP contribution in [0.2, 0.25) is 0 Å². The molecule has 0 bridgehead atoms. The van der Waals surface area contributed by atoms with Crippen molar-refractivity contribution in [3.8, 4) is 0 Å². The minimum atomic E-state index is 0.847. The Morgan fingerprint density at radius 3 is 1.32 bits per heavy atom. The van der Waals surface area contributed by atoms with E-state index >= 15 is 0 Å². The molecule has 1 N–H and O–H groups in total. The number of nitrogens with one attached hydrogen (secondary N) is 1. The highest BCUT2D eigenvalue weighted by atomic mass is 16.6. The third-order valence-corrected chi connectivity index (χ3v) is 3.49. The molecule has 0 amide bonds. The van der Waals surface area contributed by atoms with Crippen LogP contribution in [-0.4, -0.2) is 27.4 Å². The van der Waals surface area contributed by atoms with Crippen LogP contribution >= 0.6 is 0 Å². The van der Waals surface area contributed by atoms with Crippen molar-refractivity contribution in [2.45, 2.75) is 77.0 Å². The largest absolute Gasteiger partial charge is 0.385 e. The van der Waals surface area contributed by atoms with Gasteiger partial charge in [-0.15, -0.1) is 0 Å². The van der Waals surface area contributed by atoms with Gasteiger partial charge in [0.15, 0.2) is 0 Å². The third-order valence-electron chi connectivity index (χ3n) is 3.49. The van der Waals surface area contributed by atoms with Gasteiger partial charge in [-0.2, -0.15) is 0 Å². The molecule has 0 aromatic heterocycles. The summed E-state index contributed by atoms with van der Waals surface area (Å²) >= 11 is 0. The lowest BCUT2D eigenvalue weighted by Gasteiger charge is -2.03. The van der Waals surface area contributed by atoms with Crippen LogP contribution in [0.3, 0.4) is 0 Å². The van der Waals surface area contributed by atoms with E-state index in [0.29, 0.717) is 0 Å². The summed E-state index contributed by atoms with van der Waals surface area (Å²) in [7, 11) is 3.60. The molecule has 3 heteroatoms. The van der Waals surface area contributed by atoms with Gasteiger partial charge in [-0.05, 0) is 12.8 Å². The van der Waals surface area contributed by atoms with Gasteiger partial charge in [0.05, 0.1) is 6.61 Å². The van der Waals surface area contributed by atoms with Crippen LogP contribution < -0.4 is 5.48 Å². The van der Waals surface area contributed by atoms with Crippen LogP contribution in [0, 0.1) is 0 Å². The zero-order valence-electron chi connectivity index (χ0n) is 13.2. The molecular formula is C16H35NO2. The molecule has 0 radical (unpaired) electrons. The summed E-state index contributed by atoms with van der Waals surface area (Å²) in [6.07, 6.45) is 16.3. The molecule has 0 aromatic rings. The maximum absolute atomic E-state index is 5.08. The predicted octanol–water partition coefficient (Wildman–Crippen LogP) is 4.47. The molecule has 0 aliphatic carbocycles. The number of methoxy groups -OCH3 is 1. The van der Waals surface area contributed by atoms with Crippen molar-refractivity contribution < 1.29 is 9.57 Å². The summed E-state index contributed by atoms with van der Waals surface area (Å²) in [6.45, 7) is 1.78. The molecule has 19 heavy (non-hydrogen) atoms. The number of hydrogen-bond donors (Lipinski definition) is 1. The lowest BCUT2D eigenvalue weighted by atomic mass is 10.1. The first-order chi connectivity index (χ1) is 9.41. The summed E-state index contributed by atoms with van der Waals surface area (Å²) in [5, 5.41) is 0. The van der Waals surface area contributed by atoms with E-state index in [1.54, 1.807) is 7.11 Å². The molecule has 0 saturated heterocycles. The molecule has 0 atom stereocenters. The van der Waals surface area contributed by atoms with Crippen LogP contribution in [0.4, 0.5) is 0 Å². The van der Waals surface area contributed by atoms with E-state index in [1.165, 1.54) is 77.0 Å². The molecule has 0 aliphatic heterocycles. The summed E-state index contributed by atoms with van der Waals surface area (Å²) in [6, 6.07) is 0. The fourth-order valence-electron chi connectivity index (χ4n) is 2.29.